The molecule has 3 N–H and O–H groups in total. The molecule has 0 radical (unpaired) electrons. The van der Waals surface area contributed by atoms with Crippen LogP contribution in [0.2, 0.25) is 0 Å². The van der Waals surface area contributed by atoms with Crippen molar-refractivity contribution in [2.45, 2.75) is 38.6 Å². The molecular formula is C25H29N3O3. The van der Waals surface area contributed by atoms with Gasteiger partial charge in [-0.25, -0.2) is 0 Å². The Hall–Kier alpha value is -3.54. The third-order valence-electron chi connectivity index (χ3n) is 5.15. The largest absolute Gasteiger partial charge is 0.501 e. The smallest absolute Gasteiger partial charge is 0.182 e. The number of amidine groups is 1. The molecule has 2 aromatic carbocycles. The second-order valence-electron chi connectivity index (χ2n) is 7.44. The van der Waals surface area contributed by atoms with Crippen LogP contribution in [0.15, 0.2) is 83.4 Å². The molecule has 0 spiro atoms. The van der Waals surface area contributed by atoms with Crippen LogP contribution in [0, 0.1) is 5.41 Å². The van der Waals surface area contributed by atoms with Crippen molar-refractivity contribution in [3.05, 3.63) is 84.0 Å². The van der Waals surface area contributed by atoms with Gasteiger partial charge in [-0.05, 0) is 50.6 Å². The van der Waals surface area contributed by atoms with Crippen molar-refractivity contribution in [1.82, 2.24) is 5.32 Å². The molecule has 0 unspecified atom stereocenters. The van der Waals surface area contributed by atoms with E-state index in [4.69, 9.17) is 19.9 Å². The van der Waals surface area contributed by atoms with E-state index in [1.165, 1.54) is 0 Å². The minimum atomic E-state index is -0.230. The van der Waals surface area contributed by atoms with Gasteiger partial charge in [0.05, 0.1) is 24.4 Å². The van der Waals surface area contributed by atoms with Crippen LogP contribution in [0.3, 0.4) is 0 Å². The number of aliphatic imine (C=N–C) groups is 1. The first-order valence-corrected chi connectivity index (χ1v) is 10.4. The third-order valence-corrected chi connectivity index (χ3v) is 5.15. The predicted molar refractivity (Wildman–Crippen MR) is 124 cm³/mol. The maximum absolute atomic E-state index is 9.82. The van der Waals surface area contributed by atoms with Crippen LogP contribution in [0.1, 0.15) is 38.2 Å². The number of nitrogens with zero attached hydrogens (tertiary/aromatic N) is 1. The fourth-order valence-electron chi connectivity index (χ4n) is 3.56. The highest BCUT2D eigenvalue weighted by molar-refractivity contribution is 6.29. The molecule has 2 aromatic rings. The number of benzene rings is 2. The summed E-state index contributed by atoms with van der Waals surface area (Å²) in [6.45, 7) is 5.32. The van der Waals surface area contributed by atoms with Crippen LogP contribution in [-0.4, -0.2) is 29.8 Å². The summed E-state index contributed by atoms with van der Waals surface area (Å²) in [4.78, 5) is 4.80. The maximum Gasteiger partial charge on any atom is 0.182 e. The van der Waals surface area contributed by atoms with E-state index in [1.807, 2.05) is 48.5 Å². The minimum Gasteiger partial charge on any atom is -0.501 e. The van der Waals surface area contributed by atoms with Gasteiger partial charge in [0, 0.05) is 5.56 Å². The number of nitrogens with one attached hydrogen (secondary N) is 2. The Bertz CT molecular complexity index is 990. The lowest BCUT2D eigenvalue weighted by atomic mass is 9.99. The van der Waals surface area contributed by atoms with Crippen molar-refractivity contribution < 1.29 is 14.6 Å². The Labute approximate surface area is 183 Å². The topological polar surface area (TPSA) is 86.9 Å². The lowest BCUT2D eigenvalue weighted by Crippen LogP contribution is -2.30. The molecule has 1 saturated carbocycles. The Kier molecular flexibility index (Phi) is 7.49. The number of methoxy groups -OCH3 is 1. The molecule has 0 saturated heterocycles. The summed E-state index contributed by atoms with van der Waals surface area (Å²) >= 11 is 0. The normalized spacial score (nSPS) is 15.2. The van der Waals surface area contributed by atoms with E-state index >= 15 is 0 Å². The Morgan fingerprint density at radius 3 is 2.42 bits per heavy atom. The van der Waals surface area contributed by atoms with E-state index in [0.29, 0.717) is 28.5 Å². The number of para-hydroxylation sites is 1. The first kappa shape index (κ1) is 22.2. The van der Waals surface area contributed by atoms with Gasteiger partial charge in [-0.15, -0.1) is 0 Å². The number of aliphatic hydroxyl groups excluding tert-OH is 1. The highest BCUT2D eigenvalue weighted by atomic mass is 16.5. The quantitative estimate of drug-likeness (QED) is 0.290. The van der Waals surface area contributed by atoms with Gasteiger partial charge in [0.1, 0.15) is 23.1 Å². The molecule has 6 heteroatoms. The van der Waals surface area contributed by atoms with Gasteiger partial charge in [-0.2, -0.15) is 0 Å². The van der Waals surface area contributed by atoms with Crippen molar-refractivity contribution in [3.8, 4) is 11.5 Å². The molecule has 0 bridgehead atoms. The lowest BCUT2D eigenvalue weighted by Gasteiger charge is -2.18. The molecule has 0 atom stereocenters. The van der Waals surface area contributed by atoms with E-state index in [9.17, 15) is 5.11 Å². The zero-order valence-electron chi connectivity index (χ0n) is 18.0. The average molecular weight is 420 g/mol. The molecule has 6 nitrogen and oxygen atoms in total. The monoisotopic (exact) mass is 419 g/mol. The van der Waals surface area contributed by atoms with Crippen molar-refractivity contribution in [3.63, 3.8) is 0 Å². The summed E-state index contributed by atoms with van der Waals surface area (Å²) in [7, 11) is 1.55. The summed E-state index contributed by atoms with van der Waals surface area (Å²) in [5.74, 6) is 2.02. The van der Waals surface area contributed by atoms with E-state index < -0.39 is 0 Å². The molecule has 1 aliphatic rings. The summed E-state index contributed by atoms with van der Waals surface area (Å²) in [6.07, 6.45) is 4.21. The first-order valence-electron chi connectivity index (χ1n) is 10.4. The van der Waals surface area contributed by atoms with Crippen LogP contribution in [0.25, 0.3) is 0 Å². The highest BCUT2D eigenvalue weighted by Gasteiger charge is 2.23. The minimum absolute atomic E-state index is 0.141. The lowest BCUT2D eigenvalue weighted by molar-refractivity contribution is 0.292. The Balaban J connectivity index is 1.96. The van der Waals surface area contributed by atoms with Gasteiger partial charge < -0.3 is 19.9 Å². The molecule has 1 aliphatic carbocycles. The molecule has 0 aliphatic heterocycles. The van der Waals surface area contributed by atoms with Crippen molar-refractivity contribution in [2.24, 2.45) is 4.99 Å². The Morgan fingerprint density at radius 2 is 1.77 bits per heavy atom. The SMILES string of the molecule is C=C(O)NC(=NC1CCCC1)/C(C(=N)c1cccc(Oc2ccccc2)c1)=C(\C)OC. The standard InChI is InChI=1S/C25H29N3O3/c1-17(30-3)23(25(27-18(2)29)28-20-11-7-8-12-20)24(26)19-10-9-15-22(16-19)31-21-13-5-4-6-14-21/h4-6,9-10,13-16,20,26,29H,2,7-8,11-12H2,1,3H3,(H,27,28)/b23-17+,26-24?. The number of rotatable bonds is 8. The first-order chi connectivity index (χ1) is 15.0. The van der Waals surface area contributed by atoms with E-state index in [0.717, 1.165) is 31.4 Å². The fourth-order valence-corrected chi connectivity index (χ4v) is 3.56. The molecule has 0 aromatic heterocycles. The molecular weight excluding hydrogens is 390 g/mol. The van der Waals surface area contributed by atoms with Gasteiger partial charge in [-0.3, -0.25) is 10.4 Å². The van der Waals surface area contributed by atoms with E-state index in [-0.39, 0.29) is 17.6 Å². The van der Waals surface area contributed by atoms with Crippen LogP contribution in [-0.2, 0) is 4.74 Å². The van der Waals surface area contributed by atoms with Crippen molar-refractivity contribution in [2.75, 3.05) is 7.11 Å². The molecule has 162 valence electrons. The van der Waals surface area contributed by atoms with E-state index in [2.05, 4.69) is 11.9 Å². The Morgan fingerprint density at radius 1 is 1.10 bits per heavy atom. The zero-order chi connectivity index (χ0) is 22.2. The zero-order valence-corrected chi connectivity index (χ0v) is 18.0. The number of aliphatic hydroxyl groups is 1. The summed E-state index contributed by atoms with van der Waals surface area (Å²) < 4.78 is 11.4. The van der Waals surface area contributed by atoms with Gasteiger partial charge >= 0.3 is 0 Å². The number of ether oxygens (including phenoxy) is 2. The number of hydrogen-bond acceptors (Lipinski definition) is 5. The second kappa shape index (κ2) is 10.5. The summed E-state index contributed by atoms with van der Waals surface area (Å²) in [5.41, 5.74) is 1.33. The fraction of sp³-hybridized carbons (Fsp3) is 0.280. The maximum atomic E-state index is 9.82. The summed E-state index contributed by atoms with van der Waals surface area (Å²) in [5, 5.41) is 21.6. The van der Waals surface area contributed by atoms with Crippen LogP contribution >= 0.6 is 0 Å². The van der Waals surface area contributed by atoms with Crippen LogP contribution in [0.5, 0.6) is 11.5 Å². The number of hydrogen-bond donors (Lipinski definition) is 3. The summed E-state index contributed by atoms with van der Waals surface area (Å²) in [6, 6.07) is 17.0. The molecule has 31 heavy (non-hydrogen) atoms. The van der Waals surface area contributed by atoms with Gasteiger partial charge in [0.2, 0.25) is 0 Å². The third kappa shape index (κ3) is 5.98. The van der Waals surface area contributed by atoms with Gasteiger partial charge in [-0.1, -0.05) is 43.2 Å². The molecule has 0 heterocycles. The van der Waals surface area contributed by atoms with E-state index in [1.54, 1.807) is 20.1 Å². The average Bonchev–Trinajstić information content (AvgIpc) is 3.27. The molecule has 0 amide bonds. The van der Waals surface area contributed by atoms with Crippen LogP contribution in [0.4, 0.5) is 0 Å². The number of allylic oxidation sites excluding steroid dienone is 1. The van der Waals surface area contributed by atoms with Gasteiger partial charge in [0.15, 0.2) is 5.88 Å². The second-order valence-corrected chi connectivity index (χ2v) is 7.44. The molecule has 3 rings (SSSR count). The van der Waals surface area contributed by atoms with Crippen molar-refractivity contribution >= 4 is 11.5 Å². The van der Waals surface area contributed by atoms with Crippen molar-refractivity contribution in [1.29, 1.82) is 5.41 Å². The highest BCUT2D eigenvalue weighted by Crippen LogP contribution is 2.26. The predicted octanol–water partition coefficient (Wildman–Crippen LogP) is 5.73. The molecule has 1 fully saturated rings. The van der Waals surface area contributed by atoms with Crippen LogP contribution < -0.4 is 10.1 Å². The van der Waals surface area contributed by atoms with Gasteiger partial charge in [0.25, 0.3) is 0 Å².